The fourth-order valence-corrected chi connectivity index (χ4v) is 3.23. The highest BCUT2D eigenvalue weighted by Gasteiger charge is 2.24. The van der Waals surface area contributed by atoms with Crippen molar-refractivity contribution < 1.29 is 9.53 Å². The molecule has 2 N–H and O–H groups in total. The van der Waals surface area contributed by atoms with Gasteiger partial charge in [-0.25, -0.2) is 0 Å². The molecule has 1 amide bonds. The van der Waals surface area contributed by atoms with E-state index in [1.165, 1.54) is 0 Å². The molecule has 0 aromatic heterocycles. The van der Waals surface area contributed by atoms with E-state index in [4.69, 9.17) is 10.5 Å². The molecule has 0 saturated carbocycles. The van der Waals surface area contributed by atoms with E-state index in [0.717, 1.165) is 42.5 Å². The summed E-state index contributed by atoms with van der Waals surface area (Å²) in [6, 6.07) is 14.2. The number of piperidine rings is 1. The van der Waals surface area contributed by atoms with Gasteiger partial charge in [-0.15, -0.1) is 12.4 Å². The molecule has 2 aromatic rings. The molecular weight excluding hydrogens is 324 g/mol. The maximum Gasteiger partial charge on any atom is 0.260 e. The maximum atomic E-state index is 12.4. The molecule has 2 aromatic carbocycles. The number of hydrogen-bond donors (Lipinski definition) is 1. The van der Waals surface area contributed by atoms with E-state index in [2.05, 4.69) is 0 Å². The van der Waals surface area contributed by atoms with Gasteiger partial charge in [0.15, 0.2) is 6.61 Å². The van der Waals surface area contributed by atoms with Gasteiger partial charge in [0.25, 0.3) is 5.91 Å². The van der Waals surface area contributed by atoms with Crippen molar-refractivity contribution in [2.24, 2.45) is 11.7 Å². The second-order valence-corrected chi connectivity index (χ2v) is 6.34. The number of nitrogens with zero attached hydrogens (tertiary/aromatic N) is 1. The highest BCUT2D eigenvalue weighted by atomic mass is 35.5. The van der Waals surface area contributed by atoms with Crippen molar-refractivity contribution in [3.63, 3.8) is 0 Å². The average Bonchev–Trinajstić information content (AvgIpc) is 2.59. The monoisotopic (exact) mass is 348 g/mol. The molecule has 0 aliphatic carbocycles. The molecule has 130 valence electrons. The van der Waals surface area contributed by atoms with Crippen LogP contribution in [-0.4, -0.2) is 36.5 Å². The van der Waals surface area contributed by atoms with Crippen LogP contribution in [0.1, 0.15) is 19.8 Å². The van der Waals surface area contributed by atoms with Crippen LogP contribution in [0.25, 0.3) is 10.8 Å². The first-order chi connectivity index (χ1) is 11.1. The molecule has 1 aliphatic heterocycles. The number of carbonyl (C=O) groups is 1. The molecule has 1 saturated heterocycles. The van der Waals surface area contributed by atoms with Crippen LogP contribution in [0.15, 0.2) is 42.5 Å². The maximum absolute atomic E-state index is 12.4. The van der Waals surface area contributed by atoms with E-state index in [1.807, 2.05) is 54.3 Å². The lowest BCUT2D eigenvalue weighted by molar-refractivity contribution is -0.134. The molecule has 1 heterocycles. The third-order valence-corrected chi connectivity index (χ3v) is 4.74. The highest BCUT2D eigenvalue weighted by molar-refractivity contribution is 5.88. The fourth-order valence-electron chi connectivity index (χ4n) is 3.23. The van der Waals surface area contributed by atoms with Gasteiger partial charge < -0.3 is 15.4 Å². The zero-order valence-corrected chi connectivity index (χ0v) is 14.8. The van der Waals surface area contributed by atoms with Crippen LogP contribution in [0.5, 0.6) is 5.75 Å². The summed E-state index contributed by atoms with van der Waals surface area (Å²) in [6.45, 7) is 3.70. The summed E-state index contributed by atoms with van der Waals surface area (Å²) in [7, 11) is 0. The van der Waals surface area contributed by atoms with E-state index in [9.17, 15) is 4.79 Å². The fraction of sp³-hybridized carbons (Fsp3) is 0.421. The van der Waals surface area contributed by atoms with Crippen LogP contribution in [-0.2, 0) is 4.79 Å². The number of carbonyl (C=O) groups excluding carboxylic acids is 1. The molecule has 4 nitrogen and oxygen atoms in total. The van der Waals surface area contributed by atoms with Crippen LogP contribution in [0.2, 0.25) is 0 Å². The van der Waals surface area contributed by atoms with Gasteiger partial charge in [-0.05, 0) is 37.1 Å². The second kappa shape index (κ2) is 8.36. The Labute approximate surface area is 149 Å². The van der Waals surface area contributed by atoms with Crippen LogP contribution >= 0.6 is 12.4 Å². The van der Waals surface area contributed by atoms with Crippen LogP contribution in [0, 0.1) is 5.92 Å². The first-order valence-corrected chi connectivity index (χ1v) is 8.29. The summed E-state index contributed by atoms with van der Waals surface area (Å²) >= 11 is 0. The molecule has 0 radical (unpaired) electrons. The van der Waals surface area contributed by atoms with Crippen molar-refractivity contribution in [1.82, 2.24) is 4.90 Å². The van der Waals surface area contributed by atoms with Crippen molar-refractivity contribution in [1.29, 1.82) is 0 Å². The first-order valence-electron chi connectivity index (χ1n) is 8.29. The van der Waals surface area contributed by atoms with Crippen molar-refractivity contribution in [3.8, 4) is 5.75 Å². The van der Waals surface area contributed by atoms with Gasteiger partial charge in [-0.3, -0.25) is 4.79 Å². The third kappa shape index (κ3) is 4.19. The van der Waals surface area contributed by atoms with E-state index in [0.29, 0.717) is 5.92 Å². The van der Waals surface area contributed by atoms with Gasteiger partial charge >= 0.3 is 0 Å². The minimum absolute atomic E-state index is 0. The Balaban J connectivity index is 0.00000208. The number of likely N-dealkylation sites (tertiary alicyclic amines) is 1. The SMILES string of the molecule is CC(N)C1CCN(C(=O)COc2cccc3ccccc23)CC1.Cl. The minimum atomic E-state index is 0. The Morgan fingerprint density at radius 1 is 1.21 bits per heavy atom. The Bertz CT molecular complexity index is 677. The number of nitrogens with two attached hydrogens (primary N) is 1. The number of halogens is 1. The summed E-state index contributed by atoms with van der Waals surface area (Å²) < 4.78 is 5.79. The van der Waals surface area contributed by atoms with Gasteiger partial charge in [-0.2, -0.15) is 0 Å². The molecule has 0 spiro atoms. The quantitative estimate of drug-likeness (QED) is 0.922. The zero-order chi connectivity index (χ0) is 16.2. The predicted molar refractivity (Wildman–Crippen MR) is 99.6 cm³/mol. The number of benzene rings is 2. The van der Waals surface area contributed by atoms with Crippen LogP contribution < -0.4 is 10.5 Å². The Morgan fingerprint density at radius 2 is 1.88 bits per heavy atom. The molecule has 1 fully saturated rings. The van der Waals surface area contributed by atoms with Crippen LogP contribution in [0.3, 0.4) is 0 Å². The molecule has 1 aliphatic rings. The van der Waals surface area contributed by atoms with Crippen molar-refractivity contribution in [2.75, 3.05) is 19.7 Å². The van der Waals surface area contributed by atoms with Crippen LogP contribution in [0.4, 0.5) is 0 Å². The smallest absolute Gasteiger partial charge is 0.260 e. The minimum Gasteiger partial charge on any atom is -0.483 e. The van der Waals surface area contributed by atoms with Crippen molar-refractivity contribution in [3.05, 3.63) is 42.5 Å². The molecule has 24 heavy (non-hydrogen) atoms. The number of rotatable bonds is 4. The van der Waals surface area contributed by atoms with E-state index < -0.39 is 0 Å². The van der Waals surface area contributed by atoms with E-state index in [-0.39, 0.29) is 31.0 Å². The topological polar surface area (TPSA) is 55.6 Å². The number of fused-ring (bicyclic) bond motifs is 1. The van der Waals surface area contributed by atoms with E-state index >= 15 is 0 Å². The van der Waals surface area contributed by atoms with Gasteiger partial charge in [-0.1, -0.05) is 36.4 Å². The van der Waals surface area contributed by atoms with Crippen molar-refractivity contribution in [2.45, 2.75) is 25.8 Å². The third-order valence-electron chi connectivity index (χ3n) is 4.74. The molecule has 0 bridgehead atoms. The predicted octanol–water partition coefficient (Wildman–Crippen LogP) is 3.23. The Kier molecular flexibility index (Phi) is 6.46. The molecule has 1 atom stereocenters. The first kappa shape index (κ1) is 18.6. The Hall–Kier alpha value is -1.78. The standard InChI is InChI=1S/C19H24N2O2.ClH/c1-14(20)15-9-11-21(12-10-15)19(22)13-23-18-8-4-6-16-5-2-3-7-17(16)18;/h2-8,14-15H,9-13,20H2,1H3;1H. The normalized spacial score (nSPS) is 16.5. The summed E-state index contributed by atoms with van der Waals surface area (Å²) in [6.07, 6.45) is 1.97. The highest BCUT2D eigenvalue weighted by Crippen LogP contribution is 2.25. The molecule has 3 rings (SSSR count). The Morgan fingerprint density at radius 3 is 2.58 bits per heavy atom. The lowest BCUT2D eigenvalue weighted by Gasteiger charge is -2.33. The molecule has 1 unspecified atom stereocenters. The van der Waals surface area contributed by atoms with Gasteiger partial charge in [0, 0.05) is 24.5 Å². The van der Waals surface area contributed by atoms with Gasteiger partial charge in [0.1, 0.15) is 5.75 Å². The summed E-state index contributed by atoms with van der Waals surface area (Å²) in [5.41, 5.74) is 5.95. The van der Waals surface area contributed by atoms with Gasteiger partial charge in [0.05, 0.1) is 0 Å². The number of hydrogen-bond acceptors (Lipinski definition) is 3. The lowest BCUT2D eigenvalue weighted by Crippen LogP contribution is -2.44. The van der Waals surface area contributed by atoms with Crippen molar-refractivity contribution >= 4 is 29.1 Å². The largest absolute Gasteiger partial charge is 0.483 e. The summed E-state index contributed by atoms with van der Waals surface area (Å²) in [5.74, 6) is 1.35. The molecular formula is C19H25ClN2O2. The average molecular weight is 349 g/mol. The van der Waals surface area contributed by atoms with E-state index in [1.54, 1.807) is 0 Å². The molecule has 5 heteroatoms. The number of amides is 1. The lowest BCUT2D eigenvalue weighted by atomic mass is 9.91. The zero-order valence-electron chi connectivity index (χ0n) is 14.0. The summed E-state index contributed by atoms with van der Waals surface area (Å²) in [5, 5.41) is 2.16. The summed E-state index contributed by atoms with van der Waals surface area (Å²) in [4.78, 5) is 14.2. The second-order valence-electron chi connectivity index (χ2n) is 6.34. The van der Waals surface area contributed by atoms with Gasteiger partial charge in [0.2, 0.25) is 0 Å². The number of ether oxygens (including phenoxy) is 1.